The standard InChI is InChI=1S/C17H15F2N5OS/c1-10(11-4-2-3-6-20-11)21-16-22-12-5-7-26-14(12)13(23-16)15(25)24-8-17(18,19)9-24/h2-7,10H,8-9H2,1H3,(H,21,22,23). The maximum absolute atomic E-state index is 13.1. The Bertz CT molecular complexity index is 954. The number of rotatable bonds is 4. The van der Waals surface area contributed by atoms with Crippen LogP contribution in [-0.4, -0.2) is 44.8 Å². The van der Waals surface area contributed by atoms with Crippen molar-refractivity contribution >= 4 is 33.4 Å². The highest BCUT2D eigenvalue weighted by molar-refractivity contribution is 7.17. The van der Waals surface area contributed by atoms with Gasteiger partial charge >= 0.3 is 0 Å². The summed E-state index contributed by atoms with van der Waals surface area (Å²) in [6.45, 7) is 0.757. The zero-order valence-corrected chi connectivity index (χ0v) is 14.6. The number of nitrogens with zero attached hydrogens (tertiary/aromatic N) is 4. The number of likely N-dealkylation sites (tertiary alicyclic amines) is 1. The minimum atomic E-state index is -2.81. The van der Waals surface area contributed by atoms with Gasteiger partial charge in [0.25, 0.3) is 11.8 Å². The molecule has 0 spiro atoms. The summed E-state index contributed by atoms with van der Waals surface area (Å²) in [5.74, 6) is -3.05. The van der Waals surface area contributed by atoms with Crippen LogP contribution in [0.15, 0.2) is 35.8 Å². The number of fused-ring (bicyclic) bond motifs is 1. The fraction of sp³-hybridized carbons (Fsp3) is 0.294. The largest absolute Gasteiger partial charge is 0.346 e. The number of thiophene rings is 1. The van der Waals surface area contributed by atoms with E-state index in [1.165, 1.54) is 11.3 Å². The Hall–Kier alpha value is -2.68. The second-order valence-electron chi connectivity index (χ2n) is 6.17. The summed E-state index contributed by atoms with van der Waals surface area (Å²) in [4.78, 5) is 26.7. The molecule has 26 heavy (non-hydrogen) atoms. The molecule has 1 fully saturated rings. The van der Waals surface area contributed by atoms with Crippen molar-refractivity contribution < 1.29 is 13.6 Å². The van der Waals surface area contributed by atoms with E-state index >= 15 is 0 Å². The van der Waals surface area contributed by atoms with Crippen molar-refractivity contribution in [1.29, 1.82) is 0 Å². The van der Waals surface area contributed by atoms with Crippen LogP contribution in [0.4, 0.5) is 14.7 Å². The number of amides is 1. The van der Waals surface area contributed by atoms with Gasteiger partial charge in [0.05, 0.1) is 35.0 Å². The SMILES string of the molecule is CC(Nc1nc(C(=O)N2CC(F)(F)C2)c2sccc2n1)c1ccccn1. The van der Waals surface area contributed by atoms with Crippen LogP contribution >= 0.6 is 11.3 Å². The predicted octanol–water partition coefficient (Wildman–Crippen LogP) is 3.35. The first-order valence-electron chi connectivity index (χ1n) is 8.03. The van der Waals surface area contributed by atoms with E-state index in [2.05, 4.69) is 20.3 Å². The lowest BCUT2D eigenvalue weighted by molar-refractivity contribution is -0.113. The Kier molecular flexibility index (Phi) is 4.03. The smallest absolute Gasteiger partial charge is 0.282 e. The molecular formula is C17H15F2N5OS. The van der Waals surface area contributed by atoms with Crippen molar-refractivity contribution in [2.75, 3.05) is 18.4 Å². The zero-order chi connectivity index (χ0) is 18.3. The number of hydrogen-bond donors (Lipinski definition) is 1. The van der Waals surface area contributed by atoms with Gasteiger partial charge < -0.3 is 10.2 Å². The summed E-state index contributed by atoms with van der Waals surface area (Å²) in [5, 5.41) is 4.93. The van der Waals surface area contributed by atoms with Crippen molar-refractivity contribution in [2.24, 2.45) is 0 Å². The van der Waals surface area contributed by atoms with Crippen molar-refractivity contribution in [1.82, 2.24) is 19.9 Å². The Morgan fingerprint density at radius 3 is 2.81 bits per heavy atom. The highest BCUT2D eigenvalue weighted by Gasteiger charge is 2.47. The quantitative estimate of drug-likeness (QED) is 0.757. The maximum atomic E-state index is 13.1. The Morgan fingerprint density at radius 1 is 1.31 bits per heavy atom. The molecule has 1 amide bonds. The second kappa shape index (κ2) is 6.24. The highest BCUT2D eigenvalue weighted by Crippen LogP contribution is 2.31. The van der Waals surface area contributed by atoms with Gasteiger partial charge in [-0.15, -0.1) is 11.3 Å². The summed E-state index contributed by atoms with van der Waals surface area (Å²) in [6, 6.07) is 7.17. The number of carbonyl (C=O) groups is 1. The topological polar surface area (TPSA) is 71.0 Å². The van der Waals surface area contributed by atoms with Gasteiger partial charge in [0.2, 0.25) is 5.95 Å². The summed E-state index contributed by atoms with van der Waals surface area (Å²) in [7, 11) is 0. The Labute approximate surface area is 151 Å². The maximum Gasteiger partial charge on any atom is 0.282 e. The van der Waals surface area contributed by atoms with E-state index in [9.17, 15) is 13.6 Å². The molecule has 3 aromatic rings. The summed E-state index contributed by atoms with van der Waals surface area (Å²) in [6.07, 6.45) is 1.69. The molecule has 0 saturated carbocycles. The fourth-order valence-corrected chi connectivity index (χ4v) is 3.59. The number of nitrogens with one attached hydrogen (secondary N) is 1. The molecule has 4 rings (SSSR count). The normalized spacial score (nSPS) is 17.0. The van der Waals surface area contributed by atoms with Gasteiger partial charge in [-0.2, -0.15) is 0 Å². The molecule has 1 atom stereocenters. The van der Waals surface area contributed by atoms with E-state index in [4.69, 9.17) is 0 Å². The predicted molar refractivity (Wildman–Crippen MR) is 94.5 cm³/mol. The number of carbonyl (C=O) groups excluding carboxylic acids is 1. The van der Waals surface area contributed by atoms with Crippen LogP contribution < -0.4 is 5.32 Å². The first-order chi connectivity index (χ1) is 12.4. The summed E-state index contributed by atoms with van der Waals surface area (Å²) in [5.41, 5.74) is 1.56. The van der Waals surface area contributed by atoms with Crippen LogP contribution in [0.3, 0.4) is 0 Å². The van der Waals surface area contributed by atoms with Crippen LogP contribution in [0, 0.1) is 0 Å². The molecule has 1 unspecified atom stereocenters. The number of anilines is 1. The van der Waals surface area contributed by atoms with Gasteiger partial charge in [0.1, 0.15) is 0 Å². The molecule has 3 aromatic heterocycles. The third kappa shape index (κ3) is 3.10. The summed E-state index contributed by atoms with van der Waals surface area (Å²) < 4.78 is 26.8. The van der Waals surface area contributed by atoms with Gasteiger partial charge in [0.15, 0.2) is 5.69 Å². The minimum absolute atomic E-state index is 0.149. The highest BCUT2D eigenvalue weighted by atomic mass is 32.1. The molecule has 1 saturated heterocycles. The first-order valence-corrected chi connectivity index (χ1v) is 8.91. The third-order valence-electron chi connectivity index (χ3n) is 4.11. The number of pyridine rings is 1. The van der Waals surface area contributed by atoms with Crippen molar-refractivity contribution in [3.8, 4) is 0 Å². The van der Waals surface area contributed by atoms with E-state index < -0.39 is 24.9 Å². The molecule has 6 nitrogen and oxygen atoms in total. The Balaban J connectivity index is 1.64. The van der Waals surface area contributed by atoms with Crippen LogP contribution in [0.25, 0.3) is 10.2 Å². The van der Waals surface area contributed by atoms with Crippen molar-refractivity contribution in [3.05, 3.63) is 47.2 Å². The second-order valence-corrected chi connectivity index (χ2v) is 7.08. The molecule has 0 aliphatic carbocycles. The van der Waals surface area contributed by atoms with Crippen molar-refractivity contribution in [3.63, 3.8) is 0 Å². The van der Waals surface area contributed by atoms with E-state index in [1.807, 2.05) is 25.1 Å². The lowest BCUT2D eigenvalue weighted by Gasteiger charge is -2.38. The van der Waals surface area contributed by atoms with E-state index in [0.717, 1.165) is 10.6 Å². The monoisotopic (exact) mass is 375 g/mol. The zero-order valence-electron chi connectivity index (χ0n) is 13.8. The van der Waals surface area contributed by atoms with E-state index in [0.29, 0.717) is 10.2 Å². The Morgan fingerprint density at radius 2 is 2.12 bits per heavy atom. The van der Waals surface area contributed by atoms with Gasteiger partial charge in [0, 0.05) is 6.20 Å². The number of alkyl halides is 2. The average molecular weight is 375 g/mol. The van der Waals surface area contributed by atoms with Crippen LogP contribution in [0.2, 0.25) is 0 Å². The van der Waals surface area contributed by atoms with Gasteiger partial charge in [-0.1, -0.05) is 6.07 Å². The first kappa shape index (κ1) is 16.8. The van der Waals surface area contributed by atoms with Gasteiger partial charge in [-0.3, -0.25) is 9.78 Å². The lowest BCUT2D eigenvalue weighted by atomic mass is 10.1. The third-order valence-corrected chi connectivity index (χ3v) is 5.03. The van der Waals surface area contributed by atoms with Gasteiger partial charge in [-0.05, 0) is 30.5 Å². The van der Waals surface area contributed by atoms with Crippen molar-refractivity contribution in [2.45, 2.75) is 18.9 Å². The molecule has 9 heteroatoms. The number of aromatic nitrogens is 3. The van der Waals surface area contributed by atoms with Crippen LogP contribution in [-0.2, 0) is 0 Å². The number of hydrogen-bond acceptors (Lipinski definition) is 6. The molecule has 0 bridgehead atoms. The molecule has 0 aromatic carbocycles. The molecule has 1 aliphatic rings. The molecule has 134 valence electrons. The van der Waals surface area contributed by atoms with E-state index in [-0.39, 0.29) is 17.7 Å². The van der Waals surface area contributed by atoms with Gasteiger partial charge in [-0.25, -0.2) is 18.7 Å². The van der Waals surface area contributed by atoms with E-state index in [1.54, 1.807) is 17.6 Å². The molecule has 4 heterocycles. The molecule has 0 radical (unpaired) electrons. The number of halogens is 2. The average Bonchev–Trinajstić information content (AvgIpc) is 3.07. The summed E-state index contributed by atoms with van der Waals surface area (Å²) >= 11 is 1.32. The van der Waals surface area contributed by atoms with Crippen LogP contribution in [0.5, 0.6) is 0 Å². The molecule has 1 N–H and O–H groups in total. The molecule has 1 aliphatic heterocycles. The molecular weight excluding hydrogens is 360 g/mol. The minimum Gasteiger partial charge on any atom is -0.346 e. The lowest BCUT2D eigenvalue weighted by Crippen LogP contribution is -2.58. The van der Waals surface area contributed by atoms with Crippen LogP contribution in [0.1, 0.15) is 29.1 Å². The fourth-order valence-electron chi connectivity index (χ4n) is 2.78.